The number of aromatic nitrogens is 1. The number of hydrogen-bond donors (Lipinski definition) is 2. The zero-order valence-corrected chi connectivity index (χ0v) is 9.77. The Morgan fingerprint density at radius 2 is 2.29 bits per heavy atom. The van der Waals surface area contributed by atoms with E-state index in [1.807, 2.05) is 13.1 Å². The Morgan fingerprint density at radius 1 is 1.57 bits per heavy atom. The van der Waals surface area contributed by atoms with Crippen molar-refractivity contribution in [2.45, 2.75) is 33.4 Å². The van der Waals surface area contributed by atoms with Crippen LogP contribution < -0.4 is 5.32 Å². The van der Waals surface area contributed by atoms with Crippen LogP contribution in [0, 0.1) is 12.8 Å². The molecule has 0 aliphatic heterocycles. The van der Waals surface area contributed by atoms with E-state index in [-0.39, 0.29) is 12.6 Å². The summed E-state index contributed by atoms with van der Waals surface area (Å²) >= 11 is 1.70. The lowest BCUT2D eigenvalue weighted by Gasteiger charge is -2.19. The first-order chi connectivity index (χ1) is 6.63. The first-order valence-electron chi connectivity index (χ1n) is 4.89. The molecule has 3 nitrogen and oxygen atoms in total. The van der Waals surface area contributed by atoms with Crippen molar-refractivity contribution >= 4 is 11.3 Å². The van der Waals surface area contributed by atoms with Crippen molar-refractivity contribution in [1.29, 1.82) is 0 Å². The molecule has 0 radical (unpaired) electrons. The molecule has 0 aromatic carbocycles. The van der Waals surface area contributed by atoms with Crippen LogP contribution in [0.1, 0.15) is 23.7 Å². The van der Waals surface area contributed by atoms with Gasteiger partial charge in [0.1, 0.15) is 0 Å². The minimum absolute atomic E-state index is 0.178. The van der Waals surface area contributed by atoms with Gasteiger partial charge in [-0.15, -0.1) is 11.3 Å². The van der Waals surface area contributed by atoms with E-state index in [0.717, 1.165) is 11.6 Å². The second-order valence-corrected chi connectivity index (χ2v) is 5.08. The van der Waals surface area contributed by atoms with Gasteiger partial charge in [0.15, 0.2) is 0 Å². The van der Waals surface area contributed by atoms with Crippen molar-refractivity contribution in [3.63, 3.8) is 0 Å². The van der Waals surface area contributed by atoms with Gasteiger partial charge in [-0.25, -0.2) is 4.98 Å². The fourth-order valence-electron chi connectivity index (χ4n) is 1.23. The van der Waals surface area contributed by atoms with Crippen molar-refractivity contribution < 1.29 is 5.11 Å². The molecule has 1 rings (SSSR count). The summed E-state index contributed by atoms with van der Waals surface area (Å²) in [7, 11) is 0. The number of aryl methyl sites for hydroxylation is 1. The number of nitrogens with one attached hydrogen (secondary N) is 1. The summed E-state index contributed by atoms with van der Waals surface area (Å²) in [6, 6.07) is 0.178. The molecule has 1 aromatic rings. The molecule has 14 heavy (non-hydrogen) atoms. The van der Waals surface area contributed by atoms with E-state index in [9.17, 15) is 0 Å². The number of hydrogen-bond acceptors (Lipinski definition) is 4. The Morgan fingerprint density at radius 3 is 2.71 bits per heavy atom. The van der Waals surface area contributed by atoms with Gasteiger partial charge in [0, 0.05) is 23.7 Å². The molecular formula is C10H18N2OS. The van der Waals surface area contributed by atoms with Crippen LogP contribution in [0.5, 0.6) is 0 Å². The van der Waals surface area contributed by atoms with Crippen LogP contribution in [-0.2, 0) is 6.54 Å². The number of thiazole rings is 1. The van der Waals surface area contributed by atoms with Crippen molar-refractivity contribution in [2.24, 2.45) is 5.92 Å². The smallest absolute Gasteiger partial charge is 0.0897 e. The maximum Gasteiger partial charge on any atom is 0.0897 e. The molecular weight excluding hydrogens is 196 g/mol. The molecule has 1 aromatic heterocycles. The minimum Gasteiger partial charge on any atom is -0.395 e. The second kappa shape index (κ2) is 5.44. The van der Waals surface area contributed by atoms with Crippen molar-refractivity contribution in [3.05, 3.63) is 16.1 Å². The summed E-state index contributed by atoms with van der Waals surface area (Å²) in [6.45, 7) is 7.20. The van der Waals surface area contributed by atoms with Gasteiger partial charge in [0.2, 0.25) is 0 Å². The molecule has 0 saturated carbocycles. The first-order valence-corrected chi connectivity index (χ1v) is 5.70. The summed E-state index contributed by atoms with van der Waals surface area (Å²) < 4.78 is 0. The lowest BCUT2D eigenvalue weighted by molar-refractivity contribution is 0.210. The maximum absolute atomic E-state index is 9.10. The normalized spacial score (nSPS) is 13.5. The monoisotopic (exact) mass is 214 g/mol. The molecule has 0 spiro atoms. The lowest BCUT2D eigenvalue weighted by atomic mass is 10.1. The summed E-state index contributed by atoms with van der Waals surface area (Å²) in [5.41, 5.74) is 0. The van der Waals surface area contributed by atoms with Crippen LogP contribution >= 0.6 is 11.3 Å². The zero-order valence-electron chi connectivity index (χ0n) is 8.95. The molecule has 0 unspecified atom stereocenters. The van der Waals surface area contributed by atoms with E-state index in [1.165, 1.54) is 4.88 Å². The highest BCUT2D eigenvalue weighted by Crippen LogP contribution is 2.11. The standard InChI is InChI=1S/C10H18N2OS/c1-7(2)10(6-13)12-5-9-4-11-8(3)14-9/h4,7,10,12-13H,5-6H2,1-3H3/t10-/m1/s1. The second-order valence-electron chi connectivity index (χ2n) is 3.76. The third kappa shape index (κ3) is 3.36. The van der Waals surface area contributed by atoms with Crippen LogP contribution in [0.3, 0.4) is 0 Å². The third-order valence-electron chi connectivity index (χ3n) is 2.21. The van der Waals surface area contributed by atoms with Crippen LogP contribution in [0.4, 0.5) is 0 Å². The van der Waals surface area contributed by atoms with Gasteiger partial charge in [-0.1, -0.05) is 13.8 Å². The SMILES string of the molecule is Cc1ncc(CN[C@H](CO)C(C)C)s1. The molecule has 2 N–H and O–H groups in total. The summed E-state index contributed by atoms with van der Waals surface area (Å²) in [4.78, 5) is 5.40. The molecule has 80 valence electrons. The molecule has 0 aliphatic rings. The van der Waals surface area contributed by atoms with Gasteiger partial charge < -0.3 is 10.4 Å². The Kier molecular flexibility index (Phi) is 4.51. The average molecular weight is 214 g/mol. The molecule has 4 heteroatoms. The fourth-order valence-corrected chi connectivity index (χ4v) is 1.98. The molecule has 0 fully saturated rings. The summed E-state index contributed by atoms with van der Waals surface area (Å²) in [6.07, 6.45) is 1.89. The minimum atomic E-state index is 0.178. The van der Waals surface area contributed by atoms with Gasteiger partial charge in [-0.2, -0.15) is 0 Å². The zero-order chi connectivity index (χ0) is 10.6. The maximum atomic E-state index is 9.10. The summed E-state index contributed by atoms with van der Waals surface area (Å²) in [5, 5.41) is 13.5. The van der Waals surface area contributed by atoms with Crippen LogP contribution in [0.15, 0.2) is 6.20 Å². The highest BCUT2D eigenvalue weighted by atomic mass is 32.1. The molecule has 1 heterocycles. The van der Waals surface area contributed by atoms with E-state index in [2.05, 4.69) is 24.1 Å². The Labute approximate surface area is 89.2 Å². The van der Waals surface area contributed by atoms with Crippen LogP contribution in [0.2, 0.25) is 0 Å². The van der Waals surface area contributed by atoms with E-state index in [4.69, 9.17) is 5.11 Å². The fraction of sp³-hybridized carbons (Fsp3) is 0.700. The molecule has 1 atom stereocenters. The Bertz CT molecular complexity index is 273. The van der Waals surface area contributed by atoms with Crippen LogP contribution in [0.25, 0.3) is 0 Å². The molecule has 0 amide bonds. The van der Waals surface area contributed by atoms with Crippen LogP contribution in [-0.4, -0.2) is 22.7 Å². The molecule has 0 bridgehead atoms. The quantitative estimate of drug-likeness (QED) is 0.782. The number of aliphatic hydroxyl groups is 1. The van der Waals surface area contributed by atoms with Gasteiger partial charge in [0.25, 0.3) is 0 Å². The molecule has 0 saturated heterocycles. The van der Waals surface area contributed by atoms with Crippen molar-refractivity contribution in [3.8, 4) is 0 Å². The number of rotatable bonds is 5. The highest BCUT2D eigenvalue weighted by molar-refractivity contribution is 7.11. The largest absolute Gasteiger partial charge is 0.395 e. The Hall–Kier alpha value is -0.450. The predicted octanol–water partition coefficient (Wildman–Crippen LogP) is 1.56. The highest BCUT2D eigenvalue weighted by Gasteiger charge is 2.11. The number of aliphatic hydroxyl groups excluding tert-OH is 1. The van der Waals surface area contributed by atoms with Gasteiger partial charge in [-0.05, 0) is 12.8 Å². The van der Waals surface area contributed by atoms with Crippen molar-refractivity contribution in [1.82, 2.24) is 10.3 Å². The first kappa shape index (κ1) is 11.6. The van der Waals surface area contributed by atoms with Gasteiger partial charge in [-0.3, -0.25) is 0 Å². The summed E-state index contributed by atoms with van der Waals surface area (Å²) in [5.74, 6) is 0.453. The lowest BCUT2D eigenvalue weighted by Crippen LogP contribution is -2.36. The average Bonchev–Trinajstić information content (AvgIpc) is 2.52. The third-order valence-corrected chi connectivity index (χ3v) is 3.12. The van der Waals surface area contributed by atoms with Gasteiger partial charge >= 0.3 is 0 Å². The van der Waals surface area contributed by atoms with E-state index in [0.29, 0.717) is 5.92 Å². The predicted molar refractivity (Wildman–Crippen MR) is 59.4 cm³/mol. The Balaban J connectivity index is 2.39. The van der Waals surface area contributed by atoms with E-state index < -0.39 is 0 Å². The topological polar surface area (TPSA) is 45.2 Å². The van der Waals surface area contributed by atoms with E-state index >= 15 is 0 Å². The van der Waals surface area contributed by atoms with E-state index in [1.54, 1.807) is 11.3 Å². The molecule has 0 aliphatic carbocycles. The van der Waals surface area contributed by atoms with Gasteiger partial charge in [0.05, 0.1) is 11.6 Å². The number of nitrogens with zero attached hydrogens (tertiary/aromatic N) is 1. The van der Waals surface area contributed by atoms with Crippen molar-refractivity contribution in [2.75, 3.05) is 6.61 Å².